The summed E-state index contributed by atoms with van der Waals surface area (Å²) in [5.41, 5.74) is 0.280. The van der Waals surface area contributed by atoms with Crippen molar-refractivity contribution in [2.45, 2.75) is 12.8 Å². The van der Waals surface area contributed by atoms with E-state index in [1.54, 1.807) is 6.07 Å². The highest BCUT2D eigenvalue weighted by molar-refractivity contribution is 7.80. The number of non-ortho nitro benzene ring substituents is 1. The smallest absolute Gasteiger partial charge is 0.306 e. The van der Waals surface area contributed by atoms with Crippen molar-refractivity contribution < 1.29 is 19.2 Å². The molecule has 1 aromatic carbocycles. The molecule has 0 aliphatic carbocycles. The molecule has 0 heterocycles. The van der Waals surface area contributed by atoms with E-state index in [4.69, 9.17) is 12.2 Å². The fourth-order valence-electron chi connectivity index (χ4n) is 1.37. The Kier molecular flexibility index (Phi) is 6.21. The van der Waals surface area contributed by atoms with Crippen LogP contribution in [0, 0.1) is 10.1 Å². The monoisotopic (exact) mass is 311 g/mol. The summed E-state index contributed by atoms with van der Waals surface area (Å²) in [4.78, 5) is 32.5. The molecule has 112 valence electrons. The zero-order valence-corrected chi connectivity index (χ0v) is 11.9. The zero-order chi connectivity index (χ0) is 15.8. The first-order valence-corrected chi connectivity index (χ1v) is 6.25. The summed E-state index contributed by atoms with van der Waals surface area (Å²) in [5.74, 6) is -0.953. The molecule has 0 spiro atoms. The summed E-state index contributed by atoms with van der Waals surface area (Å²) >= 11 is 4.90. The topological polar surface area (TPSA) is 111 Å². The highest BCUT2D eigenvalue weighted by Gasteiger charge is 2.10. The third kappa shape index (κ3) is 5.95. The molecular weight excluding hydrogens is 298 g/mol. The van der Waals surface area contributed by atoms with Gasteiger partial charge >= 0.3 is 5.97 Å². The summed E-state index contributed by atoms with van der Waals surface area (Å²) in [7, 11) is 1.23. The summed E-state index contributed by atoms with van der Waals surface area (Å²) < 4.78 is 4.41. The van der Waals surface area contributed by atoms with Crippen LogP contribution in [0.2, 0.25) is 0 Å². The molecule has 0 atom stereocenters. The van der Waals surface area contributed by atoms with Gasteiger partial charge in [-0.15, -0.1) is 0 Å². The minimum absolute atomic E-state index is 0.00892. The lowest BCUT2D eigenvalue weighted by Crippen LogP contribution is -2.34. The number of carbonyl (C=O) groups is 2. The van der Waals surface area contributed by atoms with Gasteiger partial charge in [-0.1, -0.05) is 6.07 Å². The van der Waals surface area contributed by atoms with Crippen molar-refractivity contribution in [2.24, 2.45) is 0 Å². The molecule has 0 fully saturated rings. The zero-order valence-electron chi connectivity index (χ0n) is 11.1. The van der Waals surface area contributed by atoms with Crippen LogP contribution in [0.5, 0.6) is 0 Å². The number of thiocarbonyl (C=S) groups is 1. The standard InChI is InChI=1S/C12H13N3O5S/c1-20-11(17)6-5-10(16)14-12(21)13-8-3-2-4-9(7-8)15(18)19/h2-4,7H,5-6H2,1H3,(H2,13,14,16,21). The second-order valence-electron chi connectivity index (χ2n) is 3.89. The van der Waals surface area contributed by atoms with Gasteiger partial charge in [0, 0.05) is 24.2 Å². The molecule has 1 rings (SSSR count). The number of ether oxygens (including phenoxy) is 1. The van der Waals surface area contributed by atoms with Gasteiger partial charge < -0.3 is 15.4 Å². The van der Waals surface area contributed by atoms with Crippen LogP contribution in [0.3, 0.4) is 0 Å². The number of hydrogen-bond acceptors (Lipinski definition) is 6. The molecule has 9 heteroatoms. The molecule has 8 nitrogen and oxygen atoms in total. The van der Waals surface area contributed by atoms with Crippen LogP contribution in [0.15, 0.2) is 24.3 Å². The minimum atomic E-state index is -0.539. The Bertz CT molecular complexity index is 576. The van der Waals surface area contributed by atoms with Crippen molar-refractivity contribution in [1.82, 2.24) is 5.32 Å². The molecular formula is C12H13N3O5S. The van der Waals surface area contributed by atoms with E-state index in [0.717, 1.165) is 0 Å². The Hall–Kier alpha value is -2.55. The summed E-state index contributed by atoms with van der Waals surface area (Å²) in [6.07, 6.45) is -0.120. The van der Waals surface area contributed by atoms with Crippen LogP contribution < -0.4 is 10.6 Å². The molecule has 0 aliphatic heterocycles. The molecule has 0 aromatic heterocycles. The maximum atomic E-state index is 11.5. The van der Waals surface area contributed by atoms with Gasteiger partial charge in [-0.25, -0.2) is 0 Å². The molecule has 0 aliphatic rings. The average Bonchev–Trinajstić information content (AvgIpc) is 2.44. The Balaban J connectivity index is 2.50. The second-order valence-corrected chi connectivity index (χ2v) is 4.29. The van der Waals surface area contributed by atoms with Crippen molar-refractivity contribution in [3.05, 3.63) is 34.4 Å². The van der Waals surface area contributed by atoms with E-state index in [9.17, 15) is 19.7 Å². The van der Waals surface area contributed by atoms with Crippen LogP contribution in [-0.4, -0.2) is 29.0 Å². The van der Waals surface area contributed by atoms with Crippen LogP contribution in [-0.2, 0) is 14.3 Å². The highest BCUT2D eigenvalue weighted by Crippen LogP contribution is 2.16. The lowest BCUT2D eigenvalue weighted by atomic mass is 10.3. The number of nitrogens with zero attached hydrogens (tertiary/aromatic N) is 1. The maximum Gasteiger partial charge on any atom is 0.306 e. The molecule has 0 saturated heterocycles. The number of rotatable bonds is 5. The maximum absolute atomic E-state index is 11.5. The predicted octanol–water partition coefficient (Wildman–Crippen LogP) is 1.36. The first kappa shape index (κ1) is 16.5. The number of nitro groups is 1. The van der Waals surface area contributed by atoms with Crippen LogP contribution in [0.1, 0.15) is 12.8 Å². The van der Waals surface area contributed by atoms with Crippen LogP contribution in [0.25, 0.3) is 0 Å². The summed E-state index contributed by atoms with van der Waals surface area (Å²) in [6.45, 7) is 0. The molecule has 2 N–H and O–H groups in total. The number of esters is 1. The van der Waals surface area contributed by atoms with Gasteiger partial charge in [0.1, 0.15) is 0 Å². The molecule has 1 aromatic rings. The van der Waals surface area contributed by atoms with Crippen molar-refractivity contribution in [2.75, 3.05) is 12.4 Å². The Labute approximate surface area is 125 Å². The highest BCUT2D eigenvalue weighted by atomic mass is 32.1. The van der Waals surface area contributed by atoms with E-state index >= 15 is 0 Å². The van der Waals surface area contributed by atoms with E-state index in [0.29, 0.717) is 5.69 Å². The van der Waals surface area contributed by atoms with Crippen LogP contribution in [0.4, 0.5) is 11.4 Å². The average molecular weight is 311 g/mol. The largest absolute Gasteiger partial charge is 0.469 e. The number of carbonyl (C=O) groups excluding carboxylic acids is 2. The molecule has 0 unspecified atom stereocenters. The number of nitrogens with one attached hydrogen (secondary N) is 2. The van der Waals surface area contributed by atoms with Crippen molar-refractivity contribution in [3.8, 4) is 0 Å². The number of amides is 1. The van der Waals surface area contributed by atoms with Crippen molar-refractivity contribution in [1.29, 1.82) is 0 Å². The van der Waals surface area contributed by atoms with Gasteiger partial charge in [-0.3, -0.25) is 19.7 Å². The minimum Gasteiger partial charge on any atom is -0.469 e. The van der Waals surface area contributed by atoms with Gasteiger partial charge in [-0.2, -0.15) is 0 Å². The number of hydrogen-bond donors (Lipinski definition) is 2. The predicted molar refractivity (Wildman–Crippen MR) is 78.7 cm³/mol. The summed E-state index contributed by atoms with van der Waals surface area (Å²) in [6, 6.07) is 5.68. The van der Waals surface area contributed by atoms with E-state index in [2.05, 4.69) is 15.4 Å². The summed E-state index contributed by atoms with van der Waals surface area (Å²) in [5, 5.41) is 15.6. The molecule has 0 saturated carbocycles. The number of anilines is 1. The van der Waals surface area contributed by atoms with Crippen molar-refractivity contribution in [3.63, 3.8) is 0 Å². The fourth-order valence-corrected chi connectivity index (χ4v) is 1.60. The van der Waals surface area contributed by atoms with Crippen LogP contribution >= 0.6 is 12.2 Å². The number of nitro benzene ring substituents is 1. The Morgan fingerprint density at radius 1 is 1.38 bits per heavy atom. The number of methoxy groups -OCH3 is 1. The van der Waals surface area contributed by atoms with E-state index in [1.165, 1.54) is 25.3 Å². The third-order valence-electron chi connectivity index (χ3n) is 2.35. The third-order valence-corrected chi connectivity index (χ3v) is 2.56. The second kappa shape index (κ2) is 7.90. The SMILES string of the molecule is COC(=O)CCC(=O)NC(=S)Nc1cccc([N+](=O)[O-])c1. The normalized spacial score (nSPS) is 9.57. The first-order chi connectivity index (χ1) is 9.92. The van der Waals surface area contributed by atoms with Gasteiger partial charge in [0.25, 0.3) is 5.69 Å². The van der Waals surface area contributed by atoms with Crippen molar-refractivity contribution >= 4 is 40.6 Å². The van der Waals surface area contributed by atoms with Gasteiger partial charge in [0.05, 0.1) is 18.5 Å². The molecule has 1 amide bonds. The Morgan fingerprint density at radius 2 is 2.10 bits per heavy atom. The number of benzene rings is 1. The van der Waals surface area contributed by atoms with Gasteiger partial charge in [0.2, 0.25) is 5.91 Å². The van der Waals surface area contributed by atoms with Gasteiger partial charge in [0.15, 0.2) is 5.11 Å². The molecule has 21 heavy (non-hydrogen) atoms. The van der Waals surface area contributed by atoms with Gasteiger partial charge in [-0.05, 0) is 18.3 Å². The lowest BCUT2D eigenvalue weighted by molar-refractivity contribution is -0.384. The first-order valence-electron chi connectivity index (χ1n) is 5.84. The quantitative estimate of drug-likeness (QED) is 0.365. The fraction of sp³-hybridized carbons (Fsp3) is 0.250. The van der Waals surface area contributed by atoms with E-state index in [1.807, 2.05) is 0 Å². The Morgan fingerprint density at radius 3 is 2.71 bits per heavy atom. The molecule has 0 bridgehead atoms. The van der Waals surface area contributed by atoms with E-state index < -0.39 is 16.8 Å². The lowest BCUT2D eigenvalue weighted by Gasteiger charge is -2.09. The van der Waals surface area contributed by atoms with E-state index in [-0.39, 0.29) is 23.6 Å². The molecule has 0 radical (unpaired) electrons.